The Bertz CT molecular complexity index is 607. The molecule has 1 fully saturated rings. The molecule has 4 heteroatoms. The summed E-state index contributed by atoms with van der Waals surface area (Å²) in [7, 11) is 0. The minimum absolute atomic E-state index is 0.596. The van der Waals surface area contributed by atoms with Gasteiger partial charge in [-0.25, -0.2) is 0 Å². The highest BCUT2D eigenvalue weighted by molar-refractivity contribution is 5.33. The quantitative estimate of drug-likeness (QED) is 0.846. The lowest BCUT2D eigenvalue weighted by Gasteiger charge is -2.27. The maximum absolute atomic E-state index is 5.25. The zero-order chi connectivity index (χ0) is 14.2. The first-order valence-electron chi connectivity index (χ1n) is 7.97. The van der Waals surface area contributed by atoms with Gasteiger partial charge in [0.1, 0.15) is 0 Å². The Labute approximate surface area is 125 Å². The van der Waals surface area contributed by atoms with Gasteiger partial charge < -0.3 is 4.52 Å². The minimum Gasteiger partial charge on any atom is -0.339 e. The van der Waals surface area contributed by atoms with Crippen molar-refractivity contribution in [2.24, 2.45) is 0 Å². The van der Waals surface area contributed by atoms with Crippen LogP contribution in [0, 0.1) is 0 Å². The first-order valence-corrected chi connectivity index (χ1v) is 7.97. The molecule has 0 bridgehead atoms. The SMILES string of the molecule is CCc1nc(CN(C2CC2)C2Cc3ccccc3C2)no1. The van der Waals surface area contributed by atoms with E-state index in [0.29, 0.717) is 12.1 Å². The highest BCUT2D eigenvalue weighted by Crippen LogP contribution is 2.35. The first kappa shape index (κ1) is 13.0. The molecule has 0 saturated heterocycles. The largest absolute Gasteiger partial charge is 0.339 e. The summed E-state index contributed by atoms with van der Waals surface area (Å²) < 4.78 is 5.25. The van der Waals surface area contributed by atoms with Crippen LogP contribution in [-0.2, 0) is 25.8 Å². The second kappa shape index (κ2) is 5.26. The van der Waals surface area contributed by atoms with E-state index < -0.39 is 0 Å². The van der Waals surface area contributed by atoms with Gasteiger partial charge in [0.15, 0.2) is 5.82 Å². The van der Waals surface area contributed by atoms with Crippen LogP contribution in [0.5, 0.6) is 0 Å². The minimum atomic E-state index is 0.596. The molecule has 0 unspecified atom stereocenters. The lowest BCUT2D eigenvalue weighted by atomic mass is 10.1. The van der Waals surface area contributed by atoms with Gasteiger partial charge in [0.05, 0.1) is 6.54 Å². The van der Waals surface area contributed by atoms with Crippen LogP contribution >= 0.6 is 0 Å². The van der Waals surface area contributed by atoms with Crippen molar-refractivity contribution in [3.8, 4) is 0 Å². The van der Waals surface area contributed by atoms with Crippen LogP contribution in [0.3, 0.4) is 0 Å². The van der Waals surface area contributed by atoms with Crippen molar-refractivity contribution in [1.29, 1.82) is 0 Å². The van der Waals surface area contributed by atoms with Crippen LogP contribution in [0.1, 0.15) is 42.6 Å². The Morgan fingerprint density at radius 3 is 2.43 bits per heavy atom. The Morgan fingerprint density at radius 2 is 1.86 bits per heavy atom. The van der Waals surface area contributed by atoms with Gasteiger partial charge in [-0.3, -0.25) is 4.90 Å². The highest BCUT2D eigenvalue weighted by atomic mass is 16.5. The molecule has 1 aromatic heterocycles. The van der Waals surface area contributed by atoms with Gasteiger partial charge >= 0.3 is 0 Å². The number of hydrogen-bond donors (Lipinski definition) is 0. The monoisotopic (exact) mass is 283 g/mol. The van der Waals surface area contributed by atoms with E-state index in [9.17, 15) is 0 Å². The lowest BCUT2D eigenvalue weighted by molar-refractivity contribution is 0.175. The van der Waals surface area contributed by atoms with Gasteiger partial charge in [-0.15, -0.1) is 0 Å². The average Bonchev–Trinajstić information content (AvgIpc) is 3.10. The van der Waals surface area contributed by atoms with Gasteiger partial charge in [-0.1, -0.05) is 36.3 Å². The fraction of sp³-hybridized carbons (Fsp3) is 0.529. The van der Waals surface area contributed by atoms with Gasteiger partial charge in [0.25, 0.3) is 0 Å². The van der Waals surface area contributed by atoms with Gasteiger partial charge in [0.2, 0.25) is 5.89 Å². The Morgan fingerprint density at radius 1 is 1.14 bits per heavy atom. The zero-order valence-electron chi connectivity index (χ0n) is 12.5. The molecular formula is C17H21N3O. The van der Waals surface area contributed by atoms with Crippen molar-refractivity contribution < 1.29 is 4.52 Å². The maximum Gasteiger partial charge on any atom is 0.226 e. The van der Waals surface area contributed by atoms with E-state index in [-0.39, 0.29) is 0 Å². The van der Waals surface area contributed by atoms with Crippen molar-refractivity contribution in [3.05, 3.63) is 47.1 Å². The molecule has 1 saturated carbocycles. The molecule has 1 heterocycles. The second-order valence-corrected chi connectivity index (χ2v) is 6.19. The predicted molar refractivity (Wildman–Crippen MR) is 79.9 cm³/mol. The van der Waals surface area contributed by atoms with Gasteiger partial charge in [0, 0.05) is 18.5 Å². The molecule has 0 amide bonds. The Hall–Kier alpha value is -1.68. The summed E-state index contributed by atoms with van der Waals surface area (Å²) in [6.07, 6.45) is 5.75. The first-order chi connectivity index (χ1) is 10.3. The normalized spacial score (nSPS) is 18.4. The Kier molecular flexibility index (Phi) is 3.26. The van der Waals surface area contributed by atoms with E-state index in [1.807, 2.05) is 6.92 Å². The van der Waals surface area contributed by atoms with Crippen molar-refractivity contribution in [2.75, 3.05) is 0 Å². The average molecular weight is 283 g/mol. The fourth-order valence-corrected chi connectivity index (χ4v) is 3.39. The molecule has 4 rings (SSSR count). The number of aromatic nitrogens is 2. The molecule has 110 valence electrons. The third kappa shape index (κ3) is 2.60. The Balaban J connectivity index is 1.51. The summed E-state index contributed by atoms with van der Waals surface area (Å²) in [6.45, 7) is 2.87. The van der Waals surface area contributed by atoms with Crippen molar-refractivity contribution >= 4 is 0 Å². The van der Waals surface area contributed by atoms with E-state index in [1.54, 1.807) is 0 Å². The van der Waals surface area contributed by atoms with E-state index in [0.717, 1.165) is 37.5 Å². The fourth-order valence-electron chi connectivity index (χ4n) is 3.39. The third-order valence-electron chi connectivity index (χ3n) is 4.65. The molecule has 0 N–H and O–H groups in total. The zero-order valence-corrected chi connectivity index (χ0v) is 12.5. The van der Waals surface area contributed by atoms with Gasteiger partial charge in [-0.2, -0.15) is 4.98 Å². The molecule has 0 atom stereocenters. The topological polar surface area (TPSA) is 42.2 Å². The van der Waals surface area contributed by atoms with Crippen LogP contribution in [0.4, 0.5) is 0 Å². The summed E-state index contributed by atoms with van der Waals surface area (Å²) in [5.41, 5.74) is 3.02. The number of hydrogen-bond acceptors (Lipinski definition) is 4. The molecule has 21 heavy (non-hydrogen) atoms. The summed E-state index contributed by atoms with van der Waals surface area (Å²) in [5.74, 6) is 1.59. The van der Waals surface area contributed by atoms with E-state index >= 15 is 0 Å². The summed E-state index contributed by atoms with van der Waals surface area (Å²) >= 11 is 0. The van der Waals surface area contributed by atoms with Crippen LogP contribution in [0.2, 0.25) is 0 Å². The van der Waals surface area contributed by atoms with E-state index in [4.69, 9.17) is 4.52 Å². The lowest BCUT2D eigenvalue weighted by Crippen LogP contribution is -2.37. The summed E-state index contributed by atoms with van der Waals surface area (Å²) in [5, 5.41) is 4.13. The molecule has 1 aromatic carbocycles. The number of benzene rings is 1. The maximum atomic E-state index is 5.25. The number of rotatable bonds is 5. The highest BCUT2D eigenvalue weighted by Gasteiger charge is 2.37. The molecule has 2 aliphatic carbocycles. The van der Waals surface area contributed by atoms with Crippen LogP contribution < -0.4 is 0 Å². The molecule has 2 aliphatic rings. The van der Waals surface area contributed by atoms with Gasteiger partial charge in [-0.05, 0) is 36.8 Å². The molecule has 0 aliphatic heterocycles. The van der Waals surface area contributed by atoms with Crippen molar-refractivity contribution in [2.45, 2.75) is 57.7 Å². The summed E-state index contributed by atoms with van der Waals surface area (Å²) in [6, 6.07) is 10.1. The van der Waals surface area contributed by atoms with E-state index in [2.05, 4.69) is 39.3 Å². The standard InChI is InChI=1S/C17H21N3O/c1-2-17-18-16(19-21-17)11-20(14-7-8-14)15-9-12-5-3-4-6-13(12)10-15/h3-6,14-15H,2,7-11H2,1H3. The number of aryl methyl sites for hydroxylation is 1. The van der Waals surface area contributed by atoms with Crippen LogP contribution in [0.15, 0.2) is 28.8 Å². The van der Waals surface area contributed by atoms with Crippen LogP contribution in [0.25, 0.3) is 0 Å². The molecule has 2 aromatic rings. The molecule has 4 nitrogen and oxygen atoms in total. The molecule has 0 spiro atoms. The van der Waals surface area contributed by atoms with E-state index in [1.165, 1.54) is 24.0 Å². The predicted octanol–water partition coefficient (Wildman–Crippen LogP) is 2.76. The third-order valence-corrected chi connectivity index (χ3v) is 4.65. The molecule has 0 radical (unpaired) electrons. The number of fused-ring (bicyclic) bond motifs is 1. The molecular weight excluding hydrogens is 262 g/mol. The van der Waals surface area contributed by atoms with Crippen molar-refractivity contribution in [1.82, 2.24) is 15.0 Å². The second-order valence-electron chi connectivity index (χ2n) is 6.19. The number of nitrogens with zero attached hydrogens (tertiary/aromatic N) is 3. The smallest absolute Gasteiger partial charge is 0.226 e. The summed E-state index contributed by atoms with van der Waals surface area (Å²) in [4.78, 5) is 7.08. The van der Waals surface area contributed by atoms with Crippen molar-refractivity contribution in [3.63, 3.8) is 0 Å². The van der Waals surface area contributed by atoms with Crippen LogP contribution in [-0.4, -0.2) is 27.1 Å².